The summed E-state index contributed by atoms with van der Waals surface area (Å²) < 4.78 is 0. The quantitative estimate of drug-likeness (QED) is 0.830. The van der Waals surface area contributed by atoms with Crippen molar-refractivity contribution in [3.05, 3.63) is 21.9 Å². The van der Waals surface area contributed by atoms with Gasteiger partial charge in [-0.3, -0.25) is 4.99 Å². The van der Waals surface area contributed by atoms with Crippen molar-refractivity contribution in [3.63, 3.8) is 0 Å². The molecule has 2 nitrogen and oxygen atoms in total. The number of nitrogens with zero attached hydrogens (tertiary/aromatic N) is 1. The number of thioether (sulfide) groups is 1. The topological polar surface area (TPSA) is 24.4 Å². The second kappa shape index (κ2) is 4.80. The highest BCUT2D eigenvalue weighted by Gasteiger charge is 2.22. The maximum atomic E-state index is 4.55. The number of hydrogen-bond donors (Lipinski definition) is 1. The van der Waals surface area contributed by atoms with Crippen LogP contribution in [0.15, 0.2) is 16.4 Å². The van der Waals surface area contributed by atoms with Gasteiger partial charge in [-0.15, -0.1) is 11.3 Å². The highest BCUT2D eigenvalue weighted by Crippen LogP contribution is 2.33. The molecule has 1 N–H and O–H groups in total. The van der Waals surface area contributed by atoms with E-state index in [0.29, 0.717) is 6.04 Å². The van der Waals surface area contributed by atoms with Crippen LogP contribution in [0.3, 0.4) is 0 Å². The predicted octanol–water partition coefficient (Wildman–Crippen LogP) is 3.21. The van der Waals surface area contributed by atoms with Crippen LogP contribution in [0.1, 0.15) is 35.7 Å². The molecule has 0 spiro atoms. The Hall–Kier alpha value is -0.480. The lowest BCUT2D eigenvalue weighted by atomic mass is 9.94. The van der Waals surface area contributed by atoms with Gasteiger partial charge < -0.3 is 5.32 Å². The summed E-state index contributed by atoms with van der Waals surface area (Å²) in [5, 5.41) is 7.00. The van der Waals surface area contributed by atoms with Crippen LogP contribution in [0, 0.1) is 0 Å². The summed E-state index contributed by atoms with van der Waals surface area (Å²) in [4.78, 5) is 6.13. The first-order chi connectivity index (χ1) is 7.93. The number of aryl methyl sites for hydroxylation is 1. The third-order valence-corrected chi connectivity index (χ3v) is 5.16. The van der Waals surface area contributed by atoms with E-state index in [9.17, 15) is 0 Å². The first-order valence-corrected chi connectivity index (χ1v) is 7.80. The minimum Gasteiger partial charge on any atom is -0.358 e. The number of hydrogen-bond acceptors (Lipinski definition) is 4. The van der Waals surface area contributed by atoms with Crippen LogP contribution in [0.5, 0.6) is 0 Å². The second-order valence-electron chi connectivity index (χ2n) is 4.28. The molecule has 1 aliphatic heterocycles. The first-order valence-electron chi connectivity index (χ1n) is 5.93. The van der Waals surface area contributed by atoms with Gasteiger partial charge in [0.15, 0.2) is 5.17 Å². The monoisotopic (exact) mass is 252 g/mol. The van der Waals surface area contributed by atoms with Crippen molar-refractivity contribution in [2.24, 2.45) is 4.99 Å². The van der Waals surface area contributed by atoms with Crippen molar-refractivity contribution >= 4 is 28.3 Å². The van der Waals surface area contributed by atoms with Gasteiger partial charge >= 0.3 is 0 Å². The fourth-order valence-electron chi connectivity index (χ4n) is 2.33. The van der Waals surface area contributed by atoms with E-state index in [1.165, 1.54) is 37.0 Å². The minimum absolute atomic E-state index is 0.513. The standard InChI is InChI=1S/C12H16N2S2/c1-3-10(9-5-8-15-11(9)4-1)14-12-13-6-2-7-16-12/h5,8,10H,1-4,6-7H2,(H,13,14). The predicted molar refractivity (Wildman–Crippen MR) is 72.5 cm³/mol. The lowest BCUT2D eigenvalue weighted by Crippen LogP contribution is -2.30. The highest BCUT2D eigenvalue weighted by molar-refractivity contribution is 8.13. The number of nitrogens with one attached hydrogen (secondary N) is 1. The normalized spacial score (nSPS) is 24.8. The van der Waals surface area contributed by atoms with Gasteiger partial charge in [-0.25, -0.2) is 0 Å². The van der Waals surface area contributed by atoms with E-state index in [1.807, 2.05) is 23.1 Å². The van der Waals surface area contributed by atoms with Crippen LogP contribution in [0.2, 0.25) is 0 Å². The molecule has 0 amide bonds. The first kappa shape index (κ1) is 10.7. The largest absolute Gasteiger partial charge is 0.358 e. The van der Waals surface area contributed by atoms with Crippen molar-refractivity contribution in [2.45, 2.75) is 31.7 Å². The molecule has 86 valence electrons. The number of fused-ring (bicyclic) bond motifs is 1. The summed E-state index contributed by atoms with van der Waals surface area (Å²) in [6.45, 7) is 0.999. The number of amidine groups is 1. The third-order valence-electron chi connectivity index (χ3n) is 3.15. The maximum absolute atomic E-state index is 4.55. The molecule has 0 bridgehead atoms. The third kappa shape index (κ3) is 2.13. The van der Waals surface area contributed by atoms with Crippen LogP contribution in [0.4, 0.5) is 0 Å². The molecule has 2 heterocycles. The highest BCUT2D eigenvalue weighted by atomic mass is 32.2. The van der Waals surface area contributed by atoms with Crippen LogP contribution in [0.25, 0.3) is 0 Å². The lowest BCUT2D eigenvalue weighted by molar-refractivity contribution is 0.535. The molecule has 16 heavy (non-hydrogen) atoms. The molecule has 3 rings (SSSR count). The smallest absolute Gasteiger partial charge is 0.157 e. The van der Waals surface area contributed by atoms with E-state index >= 15 is 0 Å². The van der Waals surface area contributed by atoms with E-state index < -0.39 is 0 Å². The molecule has 1 aliphatic carbocycles. The Bertz CT molecular complexity index is 397. The molecular formula is C12H16N2S2. The average molecular weight is 252 g/mol. The summed E-state index contributed by atoms with van der Waals surface area (Å²) in [5.41, 5.74) is 1.52. The molecule has 0 saturated heterocycles. The van der Waals surface area contributed by atoms with Crippen molar-refractivity contribution < 1.29 is 0 Å². The second-order valence-corrected chi connectivity index (χ2v) is 6.36. The number of rotatable bonds is 1. The number of aliphatic imine (C=N–C) groups is 1. The van der Waals surface area contributed by atoms with Crippen LogP contribution in [-0.2, 0) is 6.42 Å². The van der Waals surface area contributed by atoms with Gasteiger partial charge in [0.05, 0.1) is 6.04 Å². The average Bonchev–Trinajstić information content (AvgIpc) is 2.80. The Morgan fingerprint density at radius 1 is 1.38 bits per heavy atom. The van der Waals surface area contributed by atoms with E-state index in [2.05, 4.69) is 21.8 Å². The van der Waals surface area contributed by atoms with Gasteiger partial charge in [0, 0.05) is 17.2 Å². The molecule has 0 fully saturated rings. The molecular weight excluding hydrogens is 236 g/mol. The molecule has 1 unspecified atom stereocenters. The summed E-state index contributed by atoms with van der Waals surface area (Å²) in [7, 11) is 0. The van der Waals surface area contributed by atoms with Crippen molar-refractivity contribution in [1.82, 2.24) is 5.32 Å². The van der Waals surface area contributed by atoms with Crippen molar-refractivity contribution in [3.8, 4) is 0 Å². The fourth-order valence-corrected chi connectivity index (χ4v) is 4.19. The Balaban J connectivity index is 1.74. The van der Waals surface area contributed by atoms with E-state index in [1.54, 1.807) is 4.88 Å². The molecule has 0 radical (unpaired) electrons. The summed E-state index contributed by atoms with van der Waals surface area (Å²) in [6, 6.07) is 2.80. The van der Waals surface area contributed by atoms with E-state index in [4.69, 9.17) is 0 Å². The Morgan fingerprint density at radius 2 is 2.38 bits per heavy atom. The van der Waals surface area contributed by atoms with Crippen LogP contribution < -0.4 is 5.32 Å². The maximum Gasteiger partial charge on any atom is 0.157 e. The zero-order valence-corrected chi connectivity index (χ0v) is 10.9. The fraction of sp³-hybridized carbons (Fsp3) is 0.583. The zero-order chi connectivity index (χ0) is 10.8. The molecule has 0 saturated carbocycles. The van der Waals surface area contributed by atoms with Crippen molar-refractivity contribution in [1.29, 1.82) is 0 Å². The molecule has 1 aromatic rings. The van der Waals surface area contributed by atoms with Gasteiger partial charge in [-0.1, -0.05) is 11.8 Å². The van der Waals surface area contributed by atoms with E-state index in [0.717, 1.165) is 11.7 Å². The molecule has 1 atom stereocenters. The Labute approximate surface area is 105 Å². The van der Waals surface area contributed by atoms with Crippen LogP contribution in [-0.4, -0.2) is 17.5 Å². The van der Waals surface area contributed by atoms with E-state index in [-0.39, 0.29) is 0 Å². The summed E-state index contributed by atoms with van der Waals surface area (Å²) in [6.07, 6.45) is 5.06. The van der Waals surface area contributed by atoms with Gasteiger partial charge in [0.1, 0.15) is 0 Å². The molecule has 2 aliphatic rings. The molecule has 1 aromatic heterocycles. The Morgan fingerprint density at radius 3 is 3.25 bits per heavy atom. The summed E-state index contributed by atoms with van der Waals surface area (Å²) in [5.74, 6) is 1.22. The zero-order valence-electron chi connectivity index (χ0n) is 9.24. The SMILES string of the molecule is c1cc2c(s1)CCCC2NC1=NCCCS1. The van der Waals surface area contributed by atoms with Gasteiger partial charge in [0.2, 0.25) is 0 Å². The van der Waals surface area contributed by atoms with Gasteiger partial charge in [-0.2, -0.15) is 0 Å². The molecule has 0 aromatic carbocycles. The molecule has 4 heteroatoms. The van der Waals surface area contributed by atoms with Crippen LogP contribution >= 0.6 is 23.1 Å². The Kier molecular flexibility index (Phi) is 3.20. The minimum atomic E-state index is 0.513. The number of thiophene rings is 1. The van der Waals surface area contributed by atoms with Gasteiger partial charge in [-0.05, 0) is 42.7 Å². The lowest BCUT2D eigenvalue weighted by Gasteiger charge is -2.26. The van der Waals surface area contributed by atoms with Crippen molar-refractivity contribution in [2.75, 3.05) is 12.3 Å². The summed E-state index contributed by atoms with van der Waals surface area (Å²) >= 11 is 3.78. The van der Waals surface area contributed by atoms with Gasteiger partial charge in [0.25, 0.3) is 0 Å².